The van der Waals surface area contributed by atoms with Gasteiger partial charge in [-0.15, -0.1) is 0 Å². The summed E-state index contributed by atoms with van der Waals surface area (Å²) >= 11 is 0. The van der Waals surface area contributed by atoms with E-state index in [1.165, 1.54) is 4.31 Å². The minimum absolute atomic E-state index is 0.331. The van der Waals surface area contributed by atoms with E-state index in [0.717, 1.165) is 6.42 Å². The molecule has 0 spiro atoms. The van der Waals surface area contributed by atoms with Gasteiger partial charge in [0.1, 0.15) is 0 Å². The van der Waals surface area contributed by atoms with Crippen molar-refractivity contribution in [3.8, 4) is 0 Å². The van der Waals surface area contributed by atoms with Crippen molar-refractivity contribution >= 4 is 10.0 Å². The van der Waals surface area contributed by atoms with E-state index in [-0.39, 0.29) is 5.54 Å². The summed E-state index contributed by atoms with van der Waals surface area (Å²) < 4.78 is 25.6. The lowest BCUT2D eigenvalue weighted by atomic mass is 9.91. The second-order valence-electron chi connectivity index (χ2n) is 4.30. The standard InChI is InChI=1S/C11H16N2O2S/c1-2-11(12)8-13(9-11)16(14,15)10-6-4-3-5-7-10/h3-7H,2,8-9,12H2,1H3. The van der Waals surface area contributed by atoms with Crippen LogP contribution in [0.3, 0.4) is 0 Å². The Hall–Kier alpha value is -0.910. The smallest absolute Gasteiger partial charge is 0.243 e. The van der Waals surface area contributed by atoms with Gasteiger partial charge in [-0.3, -0.25) is 0 Å². The van der Waals surface area contributed by atoms with Crippen LogP contribution >= 0.6 is 0 Å². The largest absolute Gasteiger partial charge is 0.323 e. The molecule has 2 N–H and O–H groups in total. The molecule has 0 aromatic heterocycles. The van der Waals surface area contributed by atoms with Gasteiger partial charge in [0.15, 0.2) is 0 Å². The van der Waals surface area contributed by atoms with E-state index >= 15 is 0 Å². The Morgan fingerprint density at radius 1 is 1.31 bits per heavy atom. The van der Waals surface area contributed by atoms with Crippen molar-refractivity contribution in [2.45, 2.75) is 23.8 Å². The number of hydrogen-bond donors (Lipinski definition) is 1. The van der Waals surface area contributed by atoms with Gasteiger partial charge in [-0.05, 0) is 18.6 Å². The molecular formula is C11H16N2O2S. The molecule has 0 aliphatic carbocycles. The van der Waals surface area contributed by atoms with E-state index in [1.807, 2.05) is 6.92 Å². The van der Waals surface area contributed by atoms with E-state index in [1.54, 1.807) is 30.3 Å². The number of benzene rings is 1. The first-order chi connectivity index (χ1) is 7.48. The van der Waals surface area contributed by atoms with E-state index in [0.29, 0.717) is 18.0 Å². The molecule has 1 heterocycles. The highest BCUT2D eigenvalue weighted by atomic mass is 32.2. The van der Waals surface area contributed by atoms with Crippen LogP contribution in [-0.2, 0) is 10.0 Å². The third-order valence-corrected chi connectivity index (χ3v) is 4.87. The molecule has 88 valence electrons. The topological polar surface area (TPSA) is 63.4 Å². The van der Waals surface area contributed by atoms with Gasteiger partial charge < -0.3 is 5.73 Å². The lowest BCUT2D eigenvalue weighted by Crippen LogP contribution is -2.68. The molecule has 2 rings (SSSR count). The van der Waals surface area contributed by atoms with Gasteiger partial charge in [-0.25, -0.2) is 8.42 Å². The summed E-state index contributed by atoms with van der Waals surface area (Å²) in [6, 6.07) is 8.47. The minimum atomic E-state index is -3.33. The van der Waals surface area contributed by atoms with Gasteiger partial charge in [-0.2, -0.15) is 4.31 Å². The summed E-state index contributed by atoms with van der Waals surface area (Å²) in [5.41, 5.74) is 5.63. The Labute approximate surface area is 96.1 Å². The molecular weight excluding hydrogens is 224 g/mol. The lowest BCUT2D eigenvalue weighted by molar-refractivity contribution is 0.153. The fourth-order valence-corrected chi connectivity index (χ4v) is 3.44. The summed E-state index contributed by atoms with van der Waals surface area (Å²) in [6.45, 7) is 2.81. The highest BCUT2D eigenvalue weighted by molar-refractivity contribution is 7.89. The number of nitrogens with zero attached hydrogens (tertiary/aromatic N) is 1. The Morgan fingerprint density at radius 3 is 2.38 bits per heavy atom. The van der Waals surface area contributed by atoms with Gasteiger partial charge in [0.25, 0.3) is 0 Å². The number of sulfonamides is 1. The Balaban J connectivity index is 2.18. The predicted octanol–water partition coefficient (Wildman–Crippen LogP) is 0.798. The van der Waals surface area contributed by atoms with E-state index in [2.05, 4.69) is 0 Å². The van der Waals surface area contributed by atoms with Crippen molar-refractivity contribution < 1.29 is 8.42 Å². The first-order valence-corrected chi connectivity index (χ1v) is 6.76. The maximum absolute atomic E-state index is 12.1. The van der Waals surface area contributed by atoms with Crippen LogP contribution in [-0.4, -0.2) is 31.4 Å². The molecule has 1 aliphatic rings. The normalized spacial score (nSPS) is 20.4. The molecule has 1 fully saturated rings. The van der Waals surface area contributed by atoms with Crippen LogP contribution in [0, 0.1) is 0 Å². The van der Waals surface area contributed by atoms with Gasteiger partial charge in [0.05, 0.1) is 4.90 Å². The summed E-state index contributed by atoms with van der Waals surface area (Å²) in [5, 5.41) is 0. The van der Waals surface area contributed by atoms with E-state index in [9.17, 15) is 8.42 Å². The predicted molar refractivity (Wildman–Crippen MR) is 62.4 cm³/mol. The van der Waals surface area contributed by atoms with E-state index in [4.69, 9.17) is 5.73 Å². The van der Waals surface area contributed by atoms with Crippen LogP contribution in [0.2, 0.25) is 0 Å². The Kier molecular flexibility index (Phi) is 2.77. The molecule has 5 heteroatoms. The molecule has 16 heavy (non-hydrogen) atoms. The molecule has 0 saturated carbocycles. The maximum atomic E-state index is 12.1. The molecule has 0 atom stereocenters. The SMILES string of the molecule is CCC1(N)CN(S(=O)(=O)c2ccccc2)C1. The lowest BCUT2D eigenvalue weighted by Gasteiger charge is -2.46. The van der Waals surface area contributed by atoms with Crippen LogP contribution in [0.15, 0.2) is 35.2 Å². The van der Waals surface area contributed by atoms with E-state index < -0.39 is 10.0 Å². The third kappa shape index (κ3) is 1.86. The minimum Gasteiger partial charge on any atom is -0.323 e. The van der Waals surface area contributed by atoms with Gasteiger partial charge in [0, 0.05) is 18.6 Å². The van der Waals surface area contributed by atoms with Crippen molar-refractivity contribution in [2.24, 2.45) is 5.73 Å². The van der Waals surface area contributed by atoms with Crippen LogP contribution < -0.4 is 5.73 Å². The monoisotopic (exact) mass is 240 g/mol. The number of hydrogen-bond acceptors (Lipinski definition) is 3. The molecule has 1 aromatic rings. The van der Waals surface area contributed by atoms with Gasteiger partial charge in [0.2, 0.25) is 10.0 Å². The molecule has 0 amide bonds. The fraction of sp³-hybridized carbons (Fsp3) is 0.455. The quantitative estimate of drug-likeness (QED) is 0.850. The number of rotatable bonds is 3. The van der Waals surface area contributed by atoms with Crippen molar-refractivity contribution in [1.82, 2.24) is 4.31 Å². The number of nitrogens with two attached hydrogens (primary N) is 1. The summed E-state index contributed by atoms with van der Waals surface area (Å²) in [4.78, 5) is 0.341. The summed E-state index contributed by atoms with van der Waals surface area (Å²) in [7, 11) is -3.33. The van der Waals surface area contributed by atoms with Crippen molar-refractivity contribution in [3.63, 3.8) is 0 Å². The van der Waals surface area contributed by atoms with Crippen LogP contribution in [0.4, 0.5) is 0 Å². The third-order valence-electron chi connectivity index (χ3n) is 3.07. The average molecular weight is 240 g/mol. The fourth-order valence-electron chi connectivity index (χ4n) is 1.79. The first-order valence-electron chi connectivity index (χ1n) is 5.32. The van der Waals surface area contributed by atoms with Gasteiger partial charge >= 0.3 is 0 Å². The second-order valence-corrected chi connectivity index (χ2v) is 6.24. The van der Waals surface area contributed by atoms with Crippen LogP contribution in [0.25, 0.3) is 0 Å². The Bertz CT molecular complexity index is 464. The molecule has 0 bridgehead atoms. The molecule has 0 unspecified atom stereocenters. The average Bonchev–Trinajstić information content (AvgIpc) is 2.26. The van der Waals surface area contributed by atoms with Crippen molar-refractivity contribution in [3.05, 3.63) is 30.3 Å². The highest BCUT2D eigenvalue weighted by Gasteiger charge is 2.44. The second kappa shape index (κ2) is 3.84. The summed E-state index contributed by atoms with van der Waals surface area (Å²) in [5.74, 6) is 0. The molecule has 4 nitrogen and oxygen atoms in total. The molecule has 1 aromatic carbocycles. The Morgan fingerprint density at radius 2 is 1.88 bits per heavy atom. The zero-order valence-electron chi connectivity index (χ0n) is 9.26. The first kappa shape index (κ1) is 11.6. The zero-order chi connectivity index (χ0) is 11.8. The highest BCUT2D eigenvalue weighted by Crippen LogP contribution is 2.28. The zero-order valence-corrected chi connectivity index (χ0v) is 10.1. The van der Waals surface area contributed by atoms with Crippen molar-refractivity contribution in [1.29, 1.82) is 0 Å². The summed E-state index contributed by atoms with van der Waals surface area (Å²) in [6.07, 6.45) is 0.799. The van der Waals surface area contributed by atoms with Crippen LogP contribution in [0.5, 0.6) is 0 Å². The van der Waals surface area contributed by atoms with Crippen molar-refractivity contribution in [2.75, 3.05) is 13.1 Å². The molecule has 1 saturated heterocycles. The maximum Gasteiger partial charge on any atom is 0.243 e. The molecule has 1 aliphatic heterocycles. The molecule has 0 radical (unpaired) electrons. The van der Waals surface area contributed by atoms with Gasteiger partial charge in [-0.1, -0.05) is 25.1 Å². The van der Waals surface area contributed by atoms with Crippen LogP contribution in [0.1, 0.15) is 13.3 Å².